The molecule has 2 aromatic rings. The van der Waals surface area contributed by atoms with Crippen LogP contribution in [0.4, 0.5) is 5.69 Å². The smallest absolute Gasteiger partial charge is 0.255 e. The van der Waals surface area contributed by atoms with Crippen LogP contribution in [-0.2, 0) is 10.0 Å². The van der Waals surface area contributed by atoms with Gasteiger partial charge in [-0.05, 0) is 63.7 Å². The zero-order valence-electron chi connectivity index (χ0n) is 16.4. The quantitative estimate of drug-likeness (QED) is 0.743. The molecule has 0 saturated carbocycles. The summed E-state index contributed by atoms with van der Waals surface area (Å²) in [6, 6.07) is 11.0. The molecule has 0 saturated heterocycles. The fourth-order valence-corrected chi connectivity index (χ4v) is 3.51. The third-order valence-electron chi connectivity index (χ3n) is 4.45. The molecule has 0 radical (unpaired) electrons. The summed E-state index contributed by atoms with van der Waals surface area (Å²) < 4.78 is 26.2. The summed E-state index contributed by atoms with van der Waals surface area (Å²) in [7, 11) is -2.34. The Morgan fingerprint density at radius 3 is 2.32 bits per heavy atom. The van der Waals surface area contributed by atoms with E-state index >= 15 is 0 Å². The Labute approximate surface area is 165 Å². The Kier molecular flexibility index (Phi) is 6.93. The van der Waals surface area contributed by atoms with Crippen LogP contribution in [0.25, 0.3) is 0 Å². The van der Waals surface area contributed by atoms with Crippen LogP contribution < -0.4 is 10.0 Å². The highest BCUT2D eigenvalue weighted by molar-refractivity contribution is 7.89. The molecule has 2 amide bonds. The number of sulfonamides is 1. The molecule has 7 nitrogen and oxygen atoms in total. The summed E-state index contributed by atoms with van der Waals surface area (Å²) in [6.07, 6.45) is 0. The minimum absolute atomic E-state index is 0.0104. The molecule has 2 N–H and O–H groups in total. The molecule has 2 aromatic carbocycles. The van der Waals surface area contributed by atoms with E-state index in [1.807, 2.05) is 13.8 Å². The second kappa shape index (κ2) is 8.99. The molecule has 0 aliphatic rings. The highest BCUT2D eigenvalue weighted by Gasteiger charge is 2.18. The molecule has 0 spiro atoms. The molecule has 0 bridgehead atoms. The van der Waals surface area contributed by atoms with Crippen LogP contribution in [0.15, 0.2) is 47.4 Å². The predicted molar refractivity (Wildman–Crippen MR) is 109 cm³/mol. The lowest BCUT2D eigenvalue weighted by atomic mass is 10.1. The van der Waals surface area contributed by atoms with Crippen LogP contribution >= 0.6 is 0 Å². The van der Waals surface area contributed by atoms with Crippen molar-refractivity contribution in [3.05, 3.63) is 59.2 Å². The number of carbonyl (C=O) groups excluding carboxylic acids is 2. The van der Waals surface area contributed by atoms with Gasteiger partial charge in [-0.2, -0.15) is 0 Å². The van der Waals surface area contributed by atoms with Crippen molar-refractivity contribution in [1.82, 2.24) is 9.62 Å². The molecular weight excluding hydrogens is 378 g/mol. The van der Waals surface area contributed by atoms with Crippen molar-refractivity contribution in [2.24, 2.45) is 0 Å². The number of hydrogen-bond donors (Lipinski definition) is 2. The van der Waals surface area contributed by atoms with Gasteiger partial charge < -0.3 is 10.2 Å². The lowest BCUT2D eigenvalue weighted by Gasteiger charge is -2.19. The van der Waals surface area contributed by atoms with Gasteiger partial charge >= 0.3 is 0 Å². The summed E-state index contributed by atoms with van der Waals surface area (Å²) in [6.45, 7) is 6.73. The van der Waals surface area contributed by atoms with E-state index in [9.17, 15) is 18.0 Å². The fourth-order valence-electron chi connectivity index (χ4n) is 2.75. The van der Waals surface area contributed by atoms with Crippen molar-refractivity contribution in [2.75, 3.05) is 25.5 Å². The zero-order chi connectivity index (χ0) is 20.9. The number of nitrogens with one attached hydrogen (secondary N) is 2. The molecule has 0 fully saturated rings. The van der Waals surface area contributed by atoms with E-state index in [1.54, 1.807) is 42.2 Å². The first-order chi connectivity index (χ1) is 13.2. The van der Waals surface area contributed by atoms with Crippen molar-refractivity contribution < 1.29 is 18.0 Å². The summed E-state index contributed by atoms with van der Waals surface area (Å²) >= 11 is 0. The molecular formula is C20H25N3O4S. The normalized spacial score (nSPS) is 11.1. The van der Waals surface area contributed by atoms with Gasteiger partial charge in [0.2, 0.25) is 10.0 Å². The molecule has 28 heavy (non-hydrogen) atoms. The first-order valence-electron chi connectivity index (χ1n) is 8.98. The average Bonchev–Trinajstić information content (AvgIpc) is 2.69. The number of amides is 2. The van der Waals surface area contributed by atoms with Crippen molar-refractivity contribution in [3.63, 3.8) is 0 Å². The molecule has 0 heterocycles. The topological polar surface area (TPSA) is 95.6 Å². The molecule has 0 unspecified atom stereocenters. The maximum atomic E-state index is 12.7. The van der Waals surface area contributed by atoms with Crippen LogP contribution in [0.1, 0.15) is 40.1 Å². The molecule has 0 atom stereocenters. The van der Waals surface area contributed by atoms with E-state index in [-0.39, 0.29) is 16.4 Å². The Morgan fingerprint density at radius 2 is 1.71 bits per heavy atom. The fraction of sp³-hybridized carbons (Fsp3) is 0.300. The number of benzene rings is 2. The van der Waals surface area contributed by atoms with E-state index in [1.165, 1.54) is 19.2 Å². The Bertz CT molecular complexity index is 983. The molecule has 8 heteroatoms. The second-order valence-electron chi connectivity index (χ2n) is 6.20. The van der Waals surface area contributed by atoms with E-state index < -0.39 is 15.9 Å². The van der Waals surface area contributed by atoms with E-state index in [4.69, 9.17) is 0 Å². The summed E-state index contributed by atoms with van der Waals surface area (Å²) in [4.78, 5) is 26.9. The van der Waals surface area contributed by atoms with Crippen molar-refractivity contribution in [2.45, 2.75) is 25.7 Å². The SMILES string of the molecule is CCN(CC)C(=O)c1cccc(NC(=O)c2cc(S(=O)(=O)NC)ccc2C)c1. The maximum absolute atomic E-state index is 12.7. The third kappa shape index (κ3) is 4.76. The number of rotatable bonds is 7. The van der Waals surface area contributed by atoms with Gasteiger partial charge in [0.25, 0.3) is 11.8 Å². The van der Waals surface area contributed by atoms with Crippen LogP contribution in [0.3, 0.4) is 0 Å². The van der Waals surface area contributed by atoms with Gasteiger partial charge in [-0.3, -0.25) is 9.59 Å². The highest BCUT2D eigenvalue weighted by atomic mass is 32.2. The minimum Gasteiger partial charge on any atom is -0.339 e. The average molecular weight is 404 g/mol. The Morgan fingerprint density at radius 1 is 1.04 bits per heavy atom. The largest absolute Gasteiger partial charge is 0.339 e. The molecule has 0 aliphatic carbocycles. The summed E-state index contributed by atoms with van der Waals surface area (Å²) in [5.41, 5.74) is 1.83. The Hall–Kier alpha value is -2.71. The van der Waals surface area contributed by atoms with Crippen LogP contribution in [0.2, 0.25) is 0 Å². The molecule has 0 aromatic heterocycles. The van der Waals surface area contributed by atoms with E-state index in [0.717, 1.165) is 0 Å². The molecule has 150 valence electrons. The van der Waals surface area contributed by atoms with Gasteiger partial charge in [0.15, 0.2) is 0 Å². The summed E-state index contributed by atoms with van der Waals surface area (Å²) in [5.74, 6) is -0.558. The van der Waals surface area contributed by atoms with Crippen LogP contribution in [0, 0.1) is 6.92 Å². The lowest BCUT2D eigenvalue weighted by Crippen LogP contribution is -2.30. The van der Waals surface area contributed by atoms with Gasteiger partial charge in [-0.15, -0.1) is 0 Å². The number of hydrogen-bond acceptors (Lipinski definition) is 4. The van der Waals surface area contributed by atoms with Crippen LogP contribution in [0.5, 0.6) is 0 Å². The monoisotopic (exact) mass is 403 g/mol. The van der Waals surface area contributed by atoms with Gasteiger partial charge in [-0.25, -0.2) is 13.1 Å². The van der Waals surface area contributed by atoms with E-state index in [0.29, 0.717) is 29.9 Å². The lowest BCUT2D eigenvalue weighted by molar-refractivity contribution is 0.0772. The number of nitrogens with zero attached hydrogens (tertiary/aromatic N) is 1. The standard InChI is InChI=1S/C20H25N3O4S/c1-5-23(6-2)20(25)15-8-7-9-16(12-15)22-19(24)18-13-17(11-10-14(18)3)28(26,27)21-4/h7-13,21H,5-6H2,1-4H3,(H,22,24). The second-order valence-corrected chi connectivity index (χ2v) is 8.08. The van der Waals surface area contributed by atoms with Gasteiger partial charge in [0.1, 0.15) is 0 Å². The number of carbonyl (C=O) groups is 2. The van der Waals surface area contributed by atoms with Gasteiger partial charge in [0.05, 0.1) is 4.90 Å². The first kappa shape index (κ1) is 21.6. The van der Waals surface area contributed by atoms with Crippen LogP contribution in [-0.4, -0.2) is 45.3 Å². The van der Waals surface area contributed by atoms with Gasteiger partial charge in [-0.1, -0.05) is 12.1 Å². The maximum Gasteiger partial charge on any atom is 0.255 e. The number of anilines is 1. The predicted octanol–water partition coefficient (Wildman–Crippen LogP) is 2.64. The molecule has 0 aliphatic heterocycles. The molecule has 2 rings (SSSR count). The van der Waals surface area contributed by atoms with Crippen molar-refractivity contribution in [1.29, 1.82) is 0 Å². The van der Waals surface area contributed by atoms with Crippen molar-refractivity contribution in [3.8, 4) is 0 Å². The minimum atomic E-state index is -3.66. The highest BCUT2D eigenvalue weighted by Crippen LogP contribution is 2.19. The Balaban J connectivity index is 2.30. The first-order valence-corrected chi connectivity index (χ1v) is 10.5. The zero-order valence-corrected chi connectivity index (χ0v) is 17.3. The van der Waals surface area contributed by atoms with Crippen molar-refractivity contribution >= 4 is 27.5 Å². The third-order valence-corrected chi connectivity index (χ3v) is 5.86. The summed E-state index contributed by atoms with van der Waals surface area (Å²) in [5, 5.41) is 2.74. The van der Waals surface area contributed by atoms with E-state index in [2.05, 4.69) is 10.0 Å². The number of aryl methyl sites for hydroxylation is 1. The van der Waals surface area contributed by atoms with Gasteiger partial charge in [0, 0.05) is 29.9 Å².